The van der Waals surface area contributed by atoms with Crippen LogP contribution in [0.4, 0.5) is 0 Å². The molecule has 0 saturated carbocycles. The van der Waals surface area contributed by atoms with Crippen LogP contribution in [0.25, 0.3) is 10.2 Å². The van der Waals surface area contributed by atoms with Crippen molar-refractivity contribution in [3.63, 3.8) is 0 Å². The maximum absolute atomic E-state index is 11.7. The van der Waals surface area contributed by atoms with Gasteiger partial charge in [0.25, 0.3) is 0 Å². The van der Waals surface area contributed by atoms with Crippen LogP contribution in [0.1, 0.15) is 0 Å². The molecule has 2 aromatic rings. The molecular formula is C10H8Cl3NO3S. The molecule has 8 heteroatoms. The maximum Gasteiger partial charge on any atom is 0.310 e. The lowest BCUT2D eigenvalue weighted by Crippen LogP contribution is -2.30. The number of para-hydroxylation sites is 1. The molecular weight excluding hydrogens is 321 g/mol. The number of rotatable bonds is 3. The minimum atomic E-state index is -1.95. The number of aromatic nitrogens is 1. The molecule has 1 aromatic carbocycles. The summed E-state index contributed by atoms with van der Waals surface area (Å²) >= 11 is 17.4. The average Bonchev–Trinajstić information content (AvgIpc) is 2.60. The number of ether oxygens (including phenoxy) is 1. The van der Waals surface area contributed by atoms with Crippen molar-refractivity contribution in [3.05, 3.63) is 33.9 Å². The van der Waals surface area contributed by atoms with Gasteiger partial charge < -0.3 is 9.84 Å². The fourth-order valence-electron chi connectivity index (χ4n) is 1.38. The second kappa shape index (κ2) is 5.36. The Morgan fingerprint density at radius 2 is 2.06 bits per heavy atom. The van der Waals surface area contributed by atoms with Gasteiger partial charge in [0.2, 0.25) is 10.1 Å². The van der Waals surface area contributed by atoms with E-state index in [1.54, 1.807) is 12.1 Å². The summed E-state index contributed by atoms with van der Waals surface area (Å²) in [5, 5.41) is 9.42. The van der Waals surface area contributed by atoms with E-state index in [2.05, 4.69) is 0 Å². The van der Waals surface area contributed by atoms with Crippen molar-refractivity contribution in [3.8, 4) is 0 Å². The first-order valence-corrected chi connectivity index (χ1v) is 6.79. The predicted octanol–water partition coefficient (Wildman–Crippen LogP) is 2.73. The van der Waals surface area contributed by atoms with E-state index in [-0.39, 0.29) is 11.6 Å². The number of fused-ring (bicyclic) bond motifs is 1. The van der Waals surface area contributed by atoms with Gasteiger partial charge in [-0.3, -0.25) is 9.36 Å². The number of aliphatic hydroxyl groups is 1. The van der Waals surface area contributed by atoms with Crippen molar-refractivity contribution < 1.29 is 9.84 Å². The minimum absolute atomic E-state index is 0.183. The van der Waals surface area contributed by atoms with Crippen LogP contribution in [0.15, 0.2) is 29.1 Å². The zero-order valence-electron chi connectivity index (χ0n) is 8.85. The quantitative estimate of drug-likeness (QED) is 0.696. The SMILES string of the molecule is O=c1sc2ccccc2n1CO[C@H](O)C(Cl)(Cl)Cl. The second-order valence-corrected chi connectivity index (χ2v) is 6.82. The molecule has 0 radical (unpaired) electrons. The Hall–Kier alpha value is -0.300. The van der Waals surface area contributed by atoms with Gasteiger partial charge in [-0.25, -0.2) is 0 Å². The van der Waals surface area contributed by atoms with Gasteiger partial charge in [0.1, 0.15) is 6.73 Å². The van der Waals surface area contributed by atoms with Crippen molar-refractivity contribution in [1.29, 1.82) is 0 Å². The van der Waals surface area contributed by atoms with Crippen LogP contribution < -0.4 is 4.87 Å². The second-order valence-electron chi connectivity index (χ2n) is 3.45. The third-order valence-corrected chi connectivity index (χ3v) is 3.74. The molecule has 98 valence electrons. The van der Waals surface area contributed by atoms with E-state index in [4.69, 9.17) is 39.5 Å². The Kier molecular flexibility index (Phi) is 4.21. The van der Waals surface area contributed by atoms with Gasteiger partial charge >= 0.3 is 4.87 Å². The maximum atomic E-state index is 11.7. The zero-order chi connectivity index (χ0) is 13.3. The molecule has 18 heavy (non-hydrogen) atoms. The first kappa shape index (κ1) is 14.1. The summed E-state index contributed by atoms with van der Waals surface area (Å²) < 4.78 is 5.21. The van der Waals surface area contributed by atoms with Gasteiger partial charge in [-0.2, -0.15) is 0 Å². The fraction of sp³-hybridized carbons (Fsp3) is 0.300. The lowest BCUT2D eigenvalue weighted by Gasteiger charge is -2.19. The number of alkyl halides is 3. The molecule has 0 unspecified atom stereocenters. The van der Waals surface area contributed by atoms with E-state index in [0.29, 0.717) is 5.52 Å². The van der Waals surface area contributed by atoms with Crippen LogP contribution in [-0.2, 0) is 11.5 Å². The molecule has 1 atom stereocenters. The molecule has 0 amide bonds. The number of aliphatic hydroxyl groups excluding tert-OH is 1. The summed E-state index contributed by atoms with van der Waals surface area (Å²) in [5.41, 5.74) is 0.712. The Morgan fingerprint density at radius 3 is 2.72 bits per heavy atom. The molecule has 0 aliphatic carbocycles. The first-order chi connectivity index (χ1) is 8.39. The standard InChI is InChI=1S/C10H8Cl3NO3S/c11-10(12,13)8(15)17-5-14-6-3-1-2-4-7(6)18-9(14)16/h1-4,8,15H,5H2/t8-/m0/s1. The average molecular weight is 329 g/mol. The number of halogens is 3. The third-order valence-electron chi connectivity index (χ3n) is 2.22. The van der Waals surface area contributed by atoms with Crippen LogP contribution in [0.2, 0.25) is 0 Å². The Labute approximate surface area is 121 Å². The van der Waals surface area contributed by atoms with E-state index in [9.17, 15) is 9.90 Å². The minimum Gasteiger partial charge on any atom is -0.364 e. The highest BCUT2D eigenvalue weighted by Gasteiger charge is 2.32. The molecule has 0 aliphatic heterocycles. The van der Waals surface area contributed by atoms with Crippen molar-refractivity contribution in [2.45, 2.75) is 16.8 Å². The summed E-state index contributed by atoms with van der Waals surface area (Å²) in [4.78, 5) is 11.5. The summed E-state index contributed by atoms with van der Waals surface area (Å²) in [6.45, 7) is -0.183. The van der Waals surface area contributed by atoms with Crippen molar-refractivity contribution in [1.82, 2.24) is 4.57 Å². The molecule has 4 nitrogen and oxygen atoms in total. The molecule has 0 spiro atoms. The fourth-order valence-corrected chi connectivity index (χ4v) is 2.44. The third kappa shape index (κ3) is 2.99. The number of hydrogen-bond donors (Lipinski definition) is 1. The van der Waals surface area contributed by atoms with E-state index in [1.807, 2.05) is 12.1 Å². The van der Waals surface area contributed by atoms with Crippen molar-refractivity contribution in [2.24, 2.45) is 0 Å². The molecule has 0 bridgehead atoms. The number of benzene rings is 1. The normalized spacial score (nSPS) is 14.0. The molecule has 0 saturated heterocycles. The molecule has 0 aliphatic rings. The highest BCUT2D eigenvalue weighted by molar-refractivity contribution is 7.16. The smallest absolute Gasteiger partial charge is 0.310 e. The lowest BCUT2D eigenvalue weighted by atomic mass is 10.3. The lowest BCUT2D eigenvalue weighted by molar-refractivity contribution is -0.121. The Bertz CT molecular complexity index is 604. The highest BCUT2D eigenvalue weighted by atomic mass is 35.6. The topological polar surface area (TPSA) is 51.5 Å². The number of nitrogens with zero attached hydrogens (tertiary/aromatic N) is 1. The molecule has 0 fully saturated rings. The van der Waals surface area contributed by atoms with Crippen LogP contribution in [0, 0.1) is 0 Å². The van der Waals surface area contributed by atoms with Crippen LogP contribution in [0.5, 0.6) is 0 Å². The highest BCUT2D eigenvalue weighted by Crippen LogP contribution is 2.31. The largest absolute Gasteiger partial charge is 0.364 e. The van der Waals surface area contributed by atoms with Gasteiger partial charge in [0, 0.05) is 0 Å². The number of hydrogen-bond acceptors (Lipinski definition) is 4. The van der Waals surface area contributed by atoms with E-state index >= 15 is 0 Å². The van der Waals surface area contributed by atoms with Gasteiger partial charge in [0.15, 0.2) is 0 Å². The molecule has 1 aromatic heterocycles. The van der Waals surface area contributed by atoms with Gasteiger partial charge in [0.05, 0.1) is 10.2 Å². The van der Waals surface area contributed by atoms with E-state index in [1.165, 1.54) is 4.57 Å². The predicted molar refractivity (Wildman–Crippen MR) is 73.5 cm³/mol. The summed E-state index contributed by atoms with van der Waals surface area (Å²) in [6, 6.07) is 7.23. The Morgan fingerprint density at radius 1 is 1.39 bits per heavy atom. The molecule has 1 N–H and O–H groups in total. The number of thiazole rings is 1. The van der Waals surface area contributed by atoms with Gasteiger partial charge in [-0.15, -0.1) is 0 Å². The van der Waals surface area contributed by atoms with Crippen LogP contribution >= 0.6 is 46.1 Å². The van der Waals surface area contributed by atoms with Crippen molar-refractivity contribution in [2.75, 3.05) is 0 Å². The van der Waals surface area contributed by atoms with Crippen LogP contribution in [0.3, 0.4) is 0 Å². The van der Waals surface area contributed by atoms with E-state index < -0.39 is 10.1 Å². The summed E-state index contributed by atoms with van der Waals surface area (Å²) in [6.07, 6.45) is -1.60. The van der Waals surface area contributed by atoms with Gasteiger partial charge in [-0.05, 0) is 12.1 Å². The van der Waals surface area contributed by atoms with E-state index in [0.717, 1.165) is 16.0 Å². The monoisotopic (exact) mass is 327 g/mol. The Balaban J connectivity index is 2.22. The van der Waals surface area contributed by atoms with Crippen molar-refractivity contribution >= 4 is 56.4 Å². The van der Waals surface area contributed by atoms with Crippen LogP contribution in [-0.4, -0.2) is 19.8 Å². The van der Waals surface area contributed by atoms with Gasteiger partial charge in [-0.1, -0.05) is 58.3 Å². The summed E-state index contributed by atoms with van der Waals surface area (Å²) in [7, 11) is 0. The molecule has 1 heterocycles. The summed E-state index contributed by atoms with van der Waals surface area (Å²) in [5.74, 6) is 0. The first-order valence-electron chi connectivity index (χ1n) is 4.84. The molecule has 2 rings (SSSR count). The zero-order valence-corrected chi connectivity index (χ0v) is 11.9.